The number of carbonyl (C=O) groups excluding carboxylic acids is 2. The van der Waals surface area contributed by atoms with E-state index in [2.05, 4.69) is 106 Å². The molecule has 0 aromatic carbocycles. The van der Waals surface area contributed by atoms with E-state index in [1.807, 2.05) is 0 Å². The zero-order valence-electron chi connectivity index (χ0n) is 49.3. The van der Waals surface area contributed by atoms with Crippen LogP contribution in [-0.2, 0) is 23.8 Å². The highest BCUT2D eigenvalue weighted by atomic mass is 16.6. The molecule has 0 radical (unpaired) electrons. The number of allylic oxidation sites excluding steroid dienone is 14. The van der Waals surface area contributed by atoms with Gasteiger partial charge in [-0.15, -0.1) is 0 Å². The third-order valence-corrected chi connectivity index (χ3v) is 13.9. The predicted molar refractivity (Wildman–Crippen MR) is 325 cm³/mol. The van der Waals surface area contributed by atoms with Gasteiger partial charge in [-0.05, 0) is 89.9 Å². The molecule has 0 aliphatic rings. The summed E-state index contributed by atoms with van der Waals surface area (Å²) in [6.07, 6.45) is 86.3. The van der Waals surface area contributed by atoms with Gasteiger partial charge in [0.1, 0.15) is 6.61 Å². The monoisotopic (exact) mass is 1030 g/mol. The molecule has 0 saturated carbocycles. The van der Waals surface area contributed by atoms with Gasteiger partial charge in [0.05, 0.1) is 6.61 Å². The van der Waals surface area contributed by atoms with E-state index in [9.17, 15) is 9.59 Å². The lowest BCUT2D eigenvalue weighted by molar-refractivity contribution is -0.163. The zero-order chi connectivity index (χ0) is 53.4. The summed E-state index contributed by atoms with van der Waals surface area (Å²) in [5.41, 5.74) is 0. The maximum Gasteiger partial charge on any atom is 0.306 e. The first-order valence-electron chi connectivity index (χ1n) is 32.1. The molecule has 0 amide bonds. The van der Waals surface area contributed by atoms with E-state index < -0.39 is 6.10 Å². The third-order valence-electron chi connectivity index (χ3n) is 13.9. The lowest BCUT2D eigenvalue weighted by Gasteiger charge is -2.18. The quantitative estimate of drug-likeness (QED) is 0.0345. The predicted octanol–water partition coefficient (Wildman–Crippen LogP) is 22.4. The smallest absolute Gasteiger partial charge is 0.306 e. The fraction of sp³-hybridized carbons (Fsp3) is 0.768. The molecular formula is C69H122O5. The minimum absolute atomic E-state index is 0.0613. The first kappa shape index (κ1) is 71.1. The number of ether oxygens (including phenoxy) is 3. The fourth-order valence-electron chi connectivity index (χ4n) is 9.17. The van der Waals surface area contributed by atoms with Gasteiger partial charge >= 0.3 is 11.9 Å². The van der Waals surface area contributed by atoms with Crippen LogP contribution >= 0.6 is 0 Å². The standard InChI is InChI=1S/C69H122O5/c1-4-7-10-13-16-19-22-25-28-31-34-37-40-43-46-49-52-55-58-61-64-72-65-67(74-69(71)63-60-57-54-51-48-45-42-39-36-33-30-27-24-21-18-15-12-9-6-3)66-73-68(70)62-59-56-53-50-47-44-41-38-35-32-29-26-23-20-17-14-11-8-5-2/h7,10,16,19,25-26,28-29,34,37,43,46,52,55,67H,4-6,8-9,11-15,17-18,20-24,27,30-33,35-36,38-42,44-45,47-51,53-54,56-66H2,1-3H3/b10-7-,19-16-,28-25-,29-26-,37-34-,46-43-,55-52-. The lowest BCUT2D eigenvalue weighted by Crippen LogP contribution is -2.30. The molecule has 0 aliphatic heterocycles. The average molecular weight is 1030 g/mol. The van der Waals surface area contributed by atoms with Gasteiger partial charge in [-0.2, -0.15) is 0 Å². The SMILES string of the molecule is CC/C=C\C/C=C\C/C=C\C/C=C\C/C=C\C/C=C\CCCOCC(COC(=O)CCCCCCCCCCC/C=C\CCCCCCCC)OC(=O)CCCCCCCCCCCCCCCCCCCCC. The van der Waals surface area contributed by atoms with E-state index in [0.717, 1.165) is 77.0 Å². The van der Waals surface area contributed by atoms with Gasteiger partial charge in [-0.25, -0.2) is 0 Å². The van der Waals surface area contributed by atoms with Crippen LogP contribution in [0.2, 0.25) is 0 Å². The van der Waals surface area contributed by atoms with E-state index in [-0.39, 0.29) is 25.2 Å². The molecule has 0 spiro atoms. The van der Waals surface area contributed by atoms with E-state index >= 15 is 0 Å². The van der Waals surface area contributed by atoms with Crippen LogP contribution in [0.3, 0.4) is 0 Å². The fourth-order valence-corrected chi connectivity index (χ4v) is 9.17. The molecule has 1 unspecified atom stereocenters. The summed E-state index contributed by atoms with van der Waals surface area (Å²) in [6, 6.07) is 0. The summed E-state index contributed by atoms with van der Waals surface area (Å²) in [6.45, 7) is 7.62. The number of hydrogen-bond acceptors (Lipinski definition) is 5. The maximum atomic E-state index is 12.9. The largest absolute Gasteiger partial charge is 0.462 e. The Morgan fingerprint density at radius 2 is 0.608 bits per heavy atom. The molecule has 74 heavy (non-hydrogen) atoms. The molecule has 0 N–H and O–H groups in total. The number of unbranched alkanes of at least 4 members (excludes halogenated alkanes) is 34. The molecule has 0 fully saturated rings. The number of hydrogen-bond donors (Lipinski definition) is 0. The van der Waals surface area contributed by atoms with Crippen molar-refractivity contribution in [3.8, 4) is 0 Å². The molecule has 5 nitrogen and oxygen atoms in total. The van der Waals surface area contributed by atoms with Crippen LogP contribution in [0.25, 0.3) is 0 Å². The number of rotatable bonds is 59. The van der Waals surface area contributed by atoms with Crippen molar-refractivity contribution in [2.24, 2.45) is 0 Å². The highest BCUT2D eigenvalue weighted by Crippen LogP contribution is 2.17. The Hall–Kier alpha value is -2.92. The lowest BCUT2D eigenvalue weighted by atomic mass is 10.0. The summed E-state index contributed by atoms with van der Waals surface area (Å²) in [5, 5.41) is 0. The van der Waals surface area contributed by atoms with Gasteiger partial charge < -0.3 is 14.2 Å². The summed E-state index contributed by atoms with van der Waals surface area (Å²) in [4.78, 5) is 25.6. The molecule has 0 rings (SSSR count). The van der Waals surface area contributed by atoms with Crippen molar-refractivity contribution >= 4 is 11.9 Å². The van der Waals surface area contributed by atoms with Crippen LogP contribution in [0, 0.1) is 0 Å². The van der Waals surface area contributed by atoms with Crippen molar-refractivity contribution in [3.05, 3.63) is 85.1 Å². The van der Waals surface area contributed by atoms with Gasteiger partial charge in [0, 0.05) is 19.4 Å². The van der Waals surface area contributed by atoms with Crippen molar-refractivity contribution in [3.63, 3.8) is 0 Å². The second-order valence-electron chi connectivity index (χ2n) is 21.3. The Kier molecular flexibility index (Phi) is 61.8. The molecule has 0 aromatic rings. The Labute approximate surface area is 460 Å². The first-order valence-corrected chi connectivity index (χ1v) is 32.1. The Bertz CT molecular complexity index is 1350. The van der Waals surface area contributed by atoms with Crippen LogP contribution in [0.15, 0.2) is 85.1 Å². The van der Waals surface area contributed by atoms with E-state index in [0.29, 0.717) is 19.4 Å². The van der Waals surface area contributed by atoms with E-state index in [1.54, 1.807) is 0 Å². The van der Waals surface area contributed by atoms with Gasteiger partial charge in [0.15, 0.2) is 6.10 Å². The Balaban J connectivity index is 4.35. The van der Waals surface area contributed by atoms with Crippen molar-refractivity contribution in [2.45, 2.75) is 322 Å². The summed E-state index contributed by atoms with van der Waals surface area (Å²) in [7, 11) is 0. The summed E-state index contributed by atoms with van der Waals surface area (Å²) in [5.74, 6) is -0.418. The number of esters is 2. The van der Waals surface area contributed by atoms with Crippen molar-refractivity contribution < 1.29 is 23.8 Å². The Morgan fingerprint density at radius 3 is 0.986 bits per heavy atom. The molecular weight excluding hydrogens is 909 g/mol. The maximum absolute atomic E-state index is 12.9. The van der Waals surface area contributed by atoms with Crippen LogP contribution in [0.5, 0.6) is 0 Å². The van der Waals surface area contributed by atoms with E-state index in [4.69, 9.17) is 14.2 Å². The molecule has 5 heteroatoms. The minimum atomic E-state index is -0.571. The molecule has 0 aromatic heterocycles. The second-order valence-corrected chi connectivity index (χ2v) is 21.3. The zero-order valence-corrected chi connectivity index (χ0v) is 49.3. The molecule has 0 saturated heterocycles. The van der Waals surface area contributed by atoms with E-state index in [1.165, 1.54) is 205 Å². The van der Waals surface area contributed by atoms with Gasteiger partial charge in [-0.3, -0.25) is 9.59 Å². The van der Waals surface area contributed by atoms with Gasteiger partial charge in [-0.1, -0.05) is 298 Å². The molecule has 0 bridgehead atoms. The van der Waals surface area contributed by atoms with Crippen LogP contribution in [0.1, 0.15) is 316 Å². The van der Waals surface area contributed by atoms with Crippen molar-refractivity contribution in [2.75, 3.05) is 19.8 Å². The van der Waals surface area contributed by atoms with Crippen LogP contribution in [0.4, 0.5) is 0 Å². The topological polar surface area (TPSA) is 61.8 Å². The normalized spacial score (nSPS) is 12.7. The van der Waals surface area contributed by atoms with Crippen molar-refractivity contribution in [1.82, 2.24) is 0 Å². The number of carbonyl (C=O) groups is 2. The van der Waals surface area contributed by atoms with Gasteiger partial charge in [0.2, 0.25) is 0 Å². The summed E-state index contributed by atoms with van der Waals surface area (Å²) >= 11 is 0. The molecule has 0 heterocycles. The highest BCUT2D eigenvalue weighted by Gasteiger charge is 2.17. The summed E-state index contributed by atoms with van der Waals surface area (Å²) < 4.78 is 17.5. The van der Waals surface area contributed by atoms with Gasteiger partial charge in [0.25, 0.3) is 0 Å². The minimum Gasteiger partial charge on any atom is -0.462 e. The average Bonchev–Trinajstić information content (AvgIpc) is 3.40. The molecule has 428 valence electrons. The van der Waals surface area contributed by atoms with Crippen LogP contribution < -0.4 is 0 Å². The molecule has 1 atom stereocenters. The van der Waals surface area contributed by atoms with Crippen LogP contribution in [-0.4, -0.2) is 37.9 Å². The Morgan fingerprint density at radius 1 is 0.311 bits per heavy atom. The first-order chi connectivity index (χ1) is 36.6. The van der Waals surface area contributed by atoms with Crippen molar-refractivity contribution in [1.29, 1.82) is 0 Å². The highest BCUT2D eigenvalue weighted by molar-refractivity contribution is 5.70. The molecule has 0 aliphatic carbocycles. The second kappa shape index (κ2) is 64.4. The third kappa shape index (κ3) is 61.6.